The van der Waals surface area contributed by atoms with Crippen molar-refractivity contribution in [3.63, 3.8) is 0 Å². The Kier molecular flexibility index (Phi) is 3.38. The zero-order valence-electron chi connectivity index (χ0n) is 12.8. The molecule has 0 amide bonds. The van der Waals surface area contributed by atoms with Crippen LogP contribution >= 0.6 is 11.3 Å². The fourth-order valence-electron chi connectivity index (χ4n) is 2.40. The molecule has 2 aromatic heterocycles. The van der Waals surface area contributed by atoms with Gasteiger partial charge in [0.05, 0.1) is 16.8 Å². The monoisotopic (exact) mass is 325 g/mol. The standard InChI is InChI=1S/C17H15N3O2S/c1-3-21-11-5-6-12-15(9-11)23-17(19-12)20-16-18-13-8-10(2)4-7-14(13)22-16/h4-9H,3H2,1-2H3,(H,18,19,20). The Bertz CT molecular complexity index is 990. The van der Waals surface area contributed by atoms with Crippen LogP contribution in [-0.2, 0) is 0 Å². The number of hydrogen-bond acceptors (Lipinski definition) is 6. The molecular weight excluding hydrogens is 310 g/mol. The van der Waals surface area contributed by atoms with Crippen LogP contribution in [0.5, 0.6) is 5.75 Å². The Hall–Kier alpha value is -2.60. The molecule has 4 aromatic rings. The van der Waals surface area contributed by atoms with Crippen LogP contribution in [0.2, 0.25) is 0 Å². The van der Waals surface area contributed by atoms with Crippen LogP contribution in [-0.4, -0.2) is 16.6 Å². The average Bonchev–Trinajstić information content (AvgIpc) is 3.09. The first kappa shape index (κ1) is 14.0. The van der Waals surface area contributed by atoms with Crippen LogP contribution in [0.4, 0.5) is 11.1 Å². The smallest absolute Gasteiger partial charge is 0.302 e. The van der Waals surface area contributed by atoms with E-state index in [9.17, 15) is 0 Å². The van der Waals surface area contributed by atoms with E-state index in [0.29, 0.717) is 12.6 Å². The van der Waals surface area contributed by atoms with E-state index in [1.807, 2.05) is 50.2 Å². The van der Waals surface area contributed by atoms with Gasteiger partial charge in [-0.15, -0.1) is 0 Å². The predicted octanol–water partition coefficient (Wildman–Crippen LogP) is 4.89. The van der Waals surface area contributed by atoms with Gasteiger partial charge in [-0.05, 0) is 49.7 Å². The Labute approximate surface area is 136 Å². The van der Waals surface area contributed by atoms with Gasteiger partial charge >= 0.3 is 6.01 Å². The van der Waals surface area contributed by atoms with Gasteiger partial charge in [0.25, 0.3) is 0 Å². The molecule has 23 heavy (non-hydrogen) atoms. The highest BCUT2D eigenvalue weighted by molar-refractivity contribution is 7.22. The molecule has 0 saturated heterocycles. The number of anilines is 2. The van der Waals surface area contributed by atoms with E-state index in [1.54, 1.807) is 11.3 Å². The molecule has 116 valence electrons. The molecule has 6 heteroatoms. The molecule has 0 unspecified atom stereocenters. The highest BCUT2D eigenvalue weighted by Crippen LogP contribution is 2.31. The summed E-state index contributed by atoms with van der Waals surface area (Å²) in [5.41, 5.74) is 3.68. The van der Waals surface area contributed by atoms with E-state index in [4.69, 9.17) is 9.15 Å². The third-order valence-corrected chi connectivity index (χ3v) is 4.36. The van der Waals surface area contributed by atoms with Crippen molar-refractivity contribution in [3.05, 3.63) is 42.0 Å². The molecule has 1 N–H and O–H groups in total. The number of hydrogen-bond donors (Lipinski definition) is 1. The summed E-state index contributed by atoms with van der Waals surface area (Å²) >= 11 is 1.54. The van der Waals surface area contributed by atoms with Gasteiger partial charge < -0.3 is 9.15 Å². The lowest BCUT2D eigenvalue weighted by Gasteiger charge is -2.00. The van der Waals surface area contributed by atoms with Gasteiger partial charge in [-0.1, -0.05) is 17.4 Å². The van der Waals surface area contributed by atoms with Crippen molar-refractivity contribution < 1.29 is 9.15 Å². The average molecular weight is 325 g/mol. The SMILES string of the molecule is CCOc1ccc2nc(Nc3nc4cc(C)ccc4o3)sc2c1. The Morgan fingerprint density at radius 2 is 2.04 bits per heavy atom. The largest absolute Gasteiger partial charge is 0.494 e. The zero-order valence-corrected chi connectivity index (χ0v) is 13.6. The fraction of sp³-hybridized carbons (Fsp3) is 0.176. The normalized spacial score (nSPS) is 11.2. The molecular formula is C17H15N3O2S. The van der Waals surface area contributed by atoms with E-state index in [1.165, 1.54) is 0 Å². The fourth-order valence-corrected chi connectivity index (χ4v) is 3.28. The van der Waals surface area contributed by atoms with E-state index in [0.717, 1.165) is 37.8 Å². The van der Waals surface area contributed by atoms with Crippen LogP contribution in [0.25, 0.3) is 21.3 Å². The topological polar surface area (TPSA) is 60.2 Å². The summed E-state index contributed by atoms with van der Waals surface area (Å²) in [6.45, 7) is 4.65. The lowest BCUT2D eigenvalue weighted by atomic mass is 10.2. The van der Waals surface area contributed by atoms with Crippen molar-refractivity contribution in [2.75, 3.05) is 11.9 Å². The lowest BCUT2D eigenvalue weighted by Crippen LogP contribution is -1.90. The minimum atomic E-state index is 0.453. The number of thiazole rings is 1. The van der Waals surface area contributed by atoms with Crippen molar-refractivity contribution in [3.8, 4) is 5.75 Å². The highest BCUT2D eigenvalue weighted by Gasteiger charge is 2.10. The third-order valence-electron chi connectivity index (χ3n) is 3.43. The Morgan fingerprint density at radius 3 is 2.91 bits per heavy atom. The first-order valence-corrected chi connectivity index (χ1v) is 8.20. The van der Waals surface area contributed by atoms with Crippen molar-refractivity contribution >= 4 is 43.8 Å². The first-order valence-electron chi connectivity index (χ1n) is 7.39. The van der Waals surface area contributed by atoms with E-state index < -0.39 is 0 Å². The number of fused-ring (bicyclic) bond motifs is 2. The quantitative estimate of drug-likeness (QED) is 0.579. The summed E-state index contributed by atoms with van der Waals surface area (Å²) in [6, 6.07) is 12.3. The molecule has 2 heterocycles. The van der Waals surface area contributed by atoms with Crippen molar-refractivity contribution in [1.82, 2.24) is 9.97 Å². The molecule has 0 aliphatic carbocycles. The van der Waals surface area contributed by atoms with Crippen molar-refractivity contribution in [1.29, 1.82) is 0 Å². The number of aromatic nitrogens is 2. The van der Waals surface area contributed by atoms with Crippen molar-refractivity contribution in [2.24, 2.45) is 0 Å². The maximum absolute atomic E-state index is 5.71. The summed E-state index contributed by atoms with van der Waals surface area (Å²) in [5.74, 6) is 0.854. The van der Waals surface area contributed by atoms with Crippen LogP contribution in [0.1, 0.15) is 12.5 Å². The molecule has 0 saturated carbocycles. The molecule has 0 bridgehead atoms. The summed E-state index contributed by atoms with van der Waals surface area (Å²) < 4.78 is 12.3. The summed E-state index contributed by atoms with van der Waals surface area (Å²) in [6.07, 6.45) is 0. The number of ether oxygens (including phenoxy) is 1. The van der Waals surface area contributed by atoms with Crippen LogP contribution < -0.4 is 10.1 Å². The zero-order chi connectivity index (χ0) is 15.8. The number of oxazole rings is 1. The van der Waals surface area contributed by atoms with E-state index in [-0.39, 0.29) is 0 Å². The second kappa shape index (κ2) is 5.55. The molecule has 0 atom stereocenters. The minimum absolute atomic E-state index is 0.453. The minimum Gasteiger partial charge on any atom is -0.494 e. The molecule has 0 aliphatic rings. The molecule has 2 aromatic carbocycles. The summed E-state index contributed by atoms with van der Waals surface area (Å²) in [5, 5.41) is 3.89. The molecule has 0 aliphatic heterocycles. The molecule has 5 nitrogen and oxygen atoms in total. The summed E-state index contributed by atoms with van der Waals surface area (Å²) in [4.78, 5) is 9.00. The van der Waals surface area contributed by atoms with Crippen molar-refractivity contribution in [2.45, 2.75) is 13.8 Å². The van der Waals surface area contributed by atoms with Gasteiger partial charge in [-0.25, -0.2) is 4.98 Å². The second-order valence-electron chi connectivity index (χ2n) is 5.20. The predicted molar refractivity (Wildman–Crippen MR) is 92.8 cm³/mol. The lowest BCUT2D eigenvalue weighted by molar-refractivity contribution is 0.341. The Balaban J connectivity index is 1.65. The number of nitrogens with one attached hydrogen (secondary N) is 1. The van der Waals surface area contributed by atoms with E-state index in [2.05, 4.69) is 15.3 Å². The Morgan fingerprint density at radius 1 is 1.13 bits per heavy atom. The van der Waals surface area contributed by atoms with Crippen LogP contribution in [0.3, 0.4) is 0 Å². The van der Waals surface area contributed by atoms with Gasteiger partial charge in [0.15, 0.2) is 10.7 Å². The van der Waals surface area contributed by atoms with E-state index >= 15 is 0 Å². The second-order valence-corrected chi connectivity index (χ2v) is 6.23. The van der Waals surface area contributed by atoms with Gasteiger partial charge in [-0.2, -0.15) is 4.98 Å². The molecule has 0 spiro atoms. The van der Waals surface area contributed by atoms with Gasteiger partial charge in [0, 0.05) is 0 Å². The van der Waals surface area contributed by atoms with Crippen LogP contribution in [0, 0.1) is 6.92 Å². The maximum atomic E-state index is 5.71. The molecule has 4 rings (SSSR count). The molecule has 0 radical (unpaired) electrons. The number of nitrogens with zero attached hydrogens (tertiary/aromatic N) is 2. The van der Waals surface area contributed by atoms with Gasteiger partial charge in [0.1, 0.15) is 11.3 Å². The third kappa shape index (κ3) is 2.73. The summed E-state index contributed by atoms with van der Waals surface area (Å²) in [7, 11) is 0. The number of aryl methyl sites for hydroxylation is 1. The van der Waals surface area contributed by atoms with Crippen LogP contribution in [0.15, 0.2) is 40.8 Å². The number of benzene rings is 2. The first-order chi connectivity index (χ1) is 11.2. The van der Waals surface area contributed by atoms with Gasteiger partial charge in [-0.3, -0.25) is 5.32 Å². The molecule has 0 fully saturated rings. The van der Waals surface area contributed by atoms with Gasteiger partial charge in [0.2, 0.25) is 0 Å². The number of rotatable bonds is 4. The maximum Gasteiger partial charge on any atom is 0.302 e. The highest BCUT2D eigenvalue weighted by atomic mass is 32.1.